The Labute approximate surface area is 132 Å². The molecule has 0 aromatic carbocycles. The summed E-state index contributed by atoms with van der Waals surface area (Å²) in [6.45, 7) is 14.9. The Morgan fingerprint density at radius 1 is 0.762 bits per heavy atom. The van der Waals surface area contributed by atoms with E-state index < -0.39 is 8.80 Å². The number of nitrogens with zero attached hydrogens (tertiary/aromatic N) is 1. The van der Waals surface area contributed by atoms with E-state index in [-0.39, 0.29) is 18.3 Å². The van der Waals surface area contributed by atoms with Gasteiger partial charge in [-0.15, -0.1) is 0 Å². The van der Waals surface area contributed by atoms with Gasteiger partial charge in [0.15, 0.2) is 0 Å². The van der Waals surface area contributed by atoms with Gasteiger partial charge in [0, 0.05) is 18.3 Å². The summed E-state index contributed by atoms with van der Waals surface area (Å²) < 4.78 is 19.9. The molecule has 1 heterocycles. The molecule has 21 heavy (non-hydrogen) atoms. The fourth-order valence-electron chi connectivity index (χ4n) is 3.17. The van der Waals surface area contributed by atoms with Gasteiger partial charge in [0.2, 0.25) is 0 Å². The fourth-order valence-corrected chi connectivity index (χ4v) is 6.97. The maximum absolute atomic E-state index is 6.31. The second kappa shape index (κ2) is 8.06. The highest BCUT2D eigenvalue weighted by Crippen LogP contribution is 2.25. The van der Waals surface area contributed by atoms with Gasteiger partial charge >= 0.3 is 8.80 Å². The first-order valence-corrected chi connectivity index (χ1v) is 10.5. The second-order valence-electron chi connectivity index (χ2n) is 7.47. The minimum absolute atomic E-state index is 0.130. The topological polar surface area (TPSA) is 27.7 Å². The standard InChI is InChI=1S/C16H36NO3Si/c1-14(2)18-21(19-15(3)4,20-16(5)6)13-17(7)11-9-8-10-12-17/h14-16H,8-13H2,1-7H3/q+1. The summed E-state index contributed by atoms with van der Waals surface area (Å²) in [6, 6.07) is 0. The molecule has 0 aromatic rings. The van der Waals surface area contributed by atoms with Gasteiger partial charge in [-0.2, -0.15) is 0 Å². The molecule has 0 aliphatic carbocycles. The SMILES string of the molecule is CC(C)O[Si](C[N+]1(C)CCCCC1)(OC(C)C)OC(C)C. The van der Waals surface area contributed by atoms with Crippen LogP contribution in [0.2, 0.25) is 0 Å². The van der Waals surface area contributed by atoms with Crippen molar-refractivity contribution in [2.75, 3.05) is 26.3 Å². The summed E-state index contributed by atoms with van der Waals surface area (Å²) in [5, 5.41) is 0. The van der Waals surface area contributed by atoms with Gasteiger partial charge in [-0.1, -0.05) is 0 Å². The third kappa shape index (κ3) is 6.78. The molecule has 1 saturated heterocycles. The van der Waals surface area contributed by atoms with Gasteiger partial charge in [-0.3, -0.25) is 0 Å². The average Bonchev–Trinajstić information content (AvgIpc) is 2.24. The molecule has 0 amide bonds. The van der Waals surface area contributed by atoms with Crippen LogP contribution in [0.5, 0.6) is 0 Å². The molecule has 1 aliphatic rings. The Hall–Kier alpha value is 0.0569. The summed E-state index contributed by atoms with van der Waals surface area (Å²) in [6.07, 6.45) is 5.23. The lowest BCUT2D eigenvalue weighted by Crippen LogP contribution is -2.65. The van der Waals surface area contributed by atoms with Crippen LogP contribution in [0.25, 0.3) is 0 Å². The molecule has 5 heteroatoms. The monoisotopic (exact) mass is 318 g/mol. The van der Waals surface area contributed by atoms with E-state index in [1.807, 2.05) is 0 Å². The Balaban J connectivity index is 2.94. The number of piperidine rings is 1. The van der Waals surface area contributed by atoms with Gasteiger partial charge in [-0.05, 0) is 60.8 Å². The van der Waals surface area contributed by atoms with Crippen LogP contribution >= 0.6 is 0 Å². The Morgan fingerprint density at radius 2 is 1.14 bits per heavy atom. The fraction of sp³-hybridized carbons (Fsp3) is 1.00. The van der Waals surface area contributed by atoms with Crippen LogP contribution in [0.3, 0.4) is 0 Å². The van der Waals surface area contributed by atoms with Crippen LogP contribution < -0.4 is 0 Å². The highest BCUT2D eigenvalue weighted by atomic mass is 28.4. The largest absolute Gasteiger partial charge is 0.559 e. The summed E-state index contributed by atoms with van der Waals surface area (Å²) in [5.41, 5.74) is 0. The van der Waals surface area contributed by atoms with Crippen molar-refractivity contribution >= 4 is 8.80 Å². The van der Waals surface area contributed by atoms with Crippen molar-refractivity contribution in [1.82, 2.24) is 0 Å². The van der Waals surface area contributed by atoms with Gasteiger partial charge in [0.05, 0.1) is 20.1 Å². The van der Waals surface area contributed by atoms with Crippen molar-refractivity contribution in [3.63, 3.8) is 0 Å². The zero-order valence-corrected chi connectivity index (χ0v) is 16.1. The zero-order chi connectivity index (χ0) is 16.1. The molecular formula is C16H36NO3Si+. The van der Waals surface area contributed by atoms with Crippen molar-refractivity contribution in [3.05, 3.63) is 0 Å². The number of hydrogen-bond donors (Lipinski definition) is 0. The van der Waals surface area contributed by atoms with E-state index in [2.05, 4.69) is 48.6 Å². The van der Waals surface area contributed by atoms with E-state index in [1.54, 1.807) is 0 Å². The van der Waals surface area contributed by atoms with Gasteiger partial charge in [0.25, 0.3) is 0 Å². The molecule has 0 atom stereocenters. The minimum Gasteiger partial charge on any atom is -0.368 e. The molecule has 1 fully saturated rings. The number of likely N-dealkylation sites (tertiary alicyclic amines) is 1. The minimum atomic E-state index is -2.67. The molecule has 126 valence electrons. The lowest BCUT2D eigenvalue weighted by molar-refractivity contribution is -0.906. The smallest absolute Gasteiger partial charge is 0.368 e. The van der Waals surface area contributed by atoms with E-state index >= 15 is 0 Å². The van der Waals surface area contributed by atoms with Crippen LogP contribution in [-0.2, 0) is 13.3 Å². The van der Waals surface area contributed by atoms with E-state index in [4.69, 9.17) is 13.3 Å². The first kappa shape index (κ1) is 19.1. The summed E-state index contributed by atoms with van der Waals surface area (Å²) in [4.78, 5) is 0. The molecule has 0 bridgehead atoms. The normalized spacial score (nSPS) is 19.7. The van der Waals surface area contributed by atoms with Crippen LogP contribution in [0.4, 0.5) is 0 Å². The van der Waals surface area contributed by atoms with Gasteiger partial charge < -0.3 is 17.8 Å². The number of hydrogen-bond acceptors (Lipinski definition) is 3. The summed E-state index contributed by atoms with van der Waals surface area (Å²) >= 11 is 0. The molecule has 0 aromatic heterocycles. The average molecular weight is 319 g/mol. The Bertz CT molecular complexity index is 275. The van der Waals surface area contributed by atoms with Crippen LogP contribution in [0.1, 0.15) is 60.8 Å². The lowest BCUT2D eigenvalue weighted by atomic mass is 10.1. The molecule has 1 rings (SSSR count). The predicted molar refractivity (Wildman–Crippen MR) is 89.1 cm³/mol. The van der Waals surface area contributed by atoms with Crippen LogP contribution in [0, 0.1) is 0 Å². The van der Waals surface area contributed by atoms with Crippen molar-refractivity contribution in [2.24, 2.45) is 0 Å². The highest BCUT2D eigenvalue weighted by molar-refractivity contribution is 6.60. The molecule has 0 N–H and O–H groups in total. The molecule has 0 spiro atoms. The zero-order valence-electron chi connectivity index (χ0n) is 15.1. The Kier molecular flexibility index (Phi) is 7.33. The van der Waals surface area contributed by atoms with E-state index in [0.29, 0.717) is 0 Å². The second-order valence-corrected chi connectivity index (χ2v) is 9.86. The summed E-state index contributed by atoms with van der Waals surface area (Å²) in [7, 11) is -0.341. The summed E-state index contributed by atoms with van der Waals surface area (Å²) in [5.74, 6) is 0. The lowest BCUT2D eigenvalue weighted by Gasteiger charge is -2.43. The quantitative estimate of drug-likeness (QED) is 0.507. The van der Waals surface area contributed by atoms with E-state index in [0.717, 1.165) is 10.7 Å². The van der Waals surface area contributed by atoms with Crippen LogP contribution in [-0.4, -0.2) is 57.9 Å². The van der Waals surface area contributed by atoms with Crippen molar-refractivity contribution in [1.29, 1.82) is 0 Å². The molecule has 0 saturated carbocycles. The van der Waals surface area contributed by atoms with Crippen molar-refractivity contribution in [3.8, 4) is 0 Å². The van der Waals surface area contributed by atoms with Crippen LogP contribution in [0.15, 0.2) is 0 Å². The molecule has 0 radical (unpaired) electrons. The third-order valence-electron chi connectivity index (χ3n) is 3.72. The van der Waals surface area contributed by atoms with E-state index in [1.165, 1.54) is 32.4 Å². The highest BCUT2D eigenvalue weighted by Gasteiger charge is 2.51. The first-order valence-electron chi connectivity index (χ1n) is 8.53. The molecular weight excluding hydrogens is 282 g/mol. The van der Waals surface area contributed by atoms with Crippen molar-refractivity contribution in [2.45, 2.75) is 79.1 Å². The predicted octanol–water partition coefficient (Wildman–Crippen LogP) is 3.37. The third-order valence-corrected chi connectivity index (χ3v) is 7.36. The van der Waals surface area contributed by atoms with Gasteiger partial charge in [0.1, 0.15) is 6.17 Å². The Morgan fingerprint density at radius 3 is 1.48 bits per heavy atom. The number of quaternary nitrogens is 1. The van der Waals surface area contributed by atoms with Gasteiger partial charge in [-0.25, -0.2) is 0 Å². The maximum atomic E-state index is 6.31. The number of rotatable bonds is 8. The maximum Gasteiger partial charge on any atom is 0.559 e. The first-order chi connectivity index (χ1) is 9.66. The molecule has 0 unspecified atom stereocenters. The van der Waals surface area contributed by atoms with Crippen molar-refractivity contribution < 1.29 is 17.8 Å². The molecule has 1 aliphatic heterocycles. The van der Waals surface area contributed by atoms with E-state index in [9.17, 15) is 0 Å². The molecule has 4 nitrogen and oxygen atoms in total.